The molecule has 1 saturated heterocycles. The van der Waals surface area contributed by atoms with Gasteiger partial charge in [-0.1, -0.05) is 25.5 Å². The van der Waals surface area contributed by atoms with E-state index in [2.05, 4.69) is 6.92 Å². The van der Waals surface area contributed by atoms with E-state index in [9.17, 15) is 13.2 Å². The van der Waals surface area contributed by atoms with Gasteiger partial charge in [-0.25, -0.2) is 8.42 Å². The number of sulfonamides is 1. The minimum Gasteiger partial charge on any atom is -0.339 e. The second kappa shape index (κ2) is 7.21. The Morgan fingerprint density at radius 1 is 1.14 bits per heavy atom. The second-order valence-corrected chi connectivity index (χ2v) is 7.32. The monoisotopic (exact) mass is 325 g/mol. The first kappa shape index (κ1) is 16.9. The standard InChI is InChI=1S/C15H23N3O3S/c1-2-3-13-4-6-14(7-5-13)22(20,21)18-10-8-17(9-11-18)15(19)12-16/h4-7H,2-3,8-12,16H2,1H3. The molecular formula is C15H23N3O3S. The average Bonchev–Trinajstić information content (AvgIpc) is 2.55. The first-order chi connectivity index (χ1) is 10.5. The fourth-order valence-corrected chi connectivity index (χ4v) is 3.99. The van der Waals surface area contributed by atoms with Crippen LogP contribution in [0.5, 0.6) is 0 Å². The zero-order valence-electron chi connectivity index (χ0n) is 12.9. The van der Waals surface area contributed by atoms with E-state index in [1.54, 1.807) is 17.0 Å². The van der Waals surface area contributed by atoms with Crippen molar-refractivity contribution in [1.29, 1.82) is 0 Å². The quantitative estimate of drug-likeness (QED) is 0.851. The molecule has 0 atom stereocenters. The van der Waals surface area contributed by atoms with Crippen molar-refractivity contribution in [2.45, 2.75) is 24.7 Å². The van der Waals surface area contributed by atoms with Crippen LogP contribution >= 0.6 is 0 Å². The molecule has 6 nitrogen and oxygen atoms in total. The third kappa shape index (κ3) is 3.66. The van der Waals surface area contributed by atoms with Gasteiger partial charge in [0, 0.05) is 26.2 Å². The van der Waals surface area contributed by atoms with Crippen molar-refractivity contribution in [3.63, 3.8) is 0 Å². The minimum atomic E-state index is -3.49. The Kier molecular flexibility index (Phi) is 5.55. The summed E-state index contributed by atoms with van der Waals surface area (Å²) >= 11 is 0. The van der Waals surface area contributed by atoms with Gasteiger partial charge in [-0.2, -0.15) is 4.31 Å². The first-order valence-electron chi connectivity index (χ1n) is 7.56. The maximum Gasteiger partial charge on any atom is 0.243 e. The molecule has 0 aromatic heterocycles. The number of hydrogen-bond acceptors (Lipinski definition) is 4. The summed E-state index contributed by atoms with van der Waals surface area (Å²) in [6.07, 6.45) is 1.98. The fourth-order valence-electron chi connectivity index (χ4n) is 2.57. The normalized spacial score (nSPS) is 16.7. The maximum atomic E-state index is 12.6. The van der Waals surface area contributed by atoms with E-state index in [1.165, 1.54) is 4.31 Å². The van der Waals surface area contributed by atoms with Gasteiger partial charge in [0.2, 0.25) is 15.9 Å². The van der Waals surface area contributed by atoms with Gasteiger partial charge in [-0.15, -0.1) is 0 Å². The molecule has 0 spiro atoms. The van der Waals surface area contributed by atoms with Gasteiger partial charge < -0.3 is 10.6 Å². The Bertz CT molecular complexity index is 605. The van der Waals surface area contributed by atoms with E-state index >= 15 is 0 Å². The molecule has 1 aromatic rings. The first-order valence-corrected chi connectivity index (χ1v) is 9.00. The summed E-state index contributed by atoms with van der Waals surface area (Å²) in [6, 6.07) is 7.06. The van der Waals surface area contributed by atoms with Crippen molar-refractivity contribution in [3.05, 3.63) is 29.8 Å². The largest absolute Gasteiger partial charge is 0.339 e. The highest BCUT2D eigenvalue weighted by Crippen LogP contribution is 2.18. The van der Waals surface area contributed by atoms with Gasteiger partial charge in [-0.05, 0) is 24.1 Å². The Hall–Kier alpha value is -1.44. The van der Waals surface area contributed by atoms with Crippen molar-refractivity contribution >= 4 is 15.9 Å². The Balaban J connectivity index is 2.06. The molecular weight excluding hydrogens is 302 g/mol. The van der Waals surface area contributed by atoms with Crippen LogP contribution < -0.4 is 5.73 Å². The van der Waals surface area contributed by atoms with E-state index in [-0.39, 0.29) is 12.5 Å². The van der Waals surface area contributed by atoms with E-state index in [0.29, 0.717) is 31.1 Å². The van der Waals surface area contributed by atoms with Gasteiger partial charge in [0.25, 0.3) is 0 Å². The number of nitrogens with zero attached hydrogens (tertiary/aromatic N) is 2. The molecule has 0 radical (unpaired) electrons. The van der Waals surface area contributed by atoms with Crippen LogP contribution in [0.3, 0.4) is 0 Å². The van der Waals surface area contributed by atoms with Crippen LogP contribution in [0.15, 0.2) is 29.2 Å². The minimum absolute atomic E-state index is 0.0361. The van der Waals surface area contributed by atoms with Gasteiger partial charge in [0.1, 0.15) is 0 Å². The smallest absolute Gasteiger partial charge is 0.243 e. The number of carbonyl (C=O) groups excluding carboxylic acids is 1. The number of carbonyl (C=O) groups is 1. The van der Waals surface area contributed by atoms with Crippen molar-refractivity contribution in [2.75, 3.05) is 32.7 Å². The van der Waals surface area contributed by atoms with Gasteiger partial charge >= 0.3 is 0 Å². The van der Waals surface area contributed by atoms with Gasteiger partial charge in [0.05, 0.1) is 11.4 Å². The van der Waals surface area contributed by atoms with Crippen LogP contribution in [-0.2, 0) is 21.2 Å². The number of hydrogen-bond donors (Lipinski definition) is 1. The molecule has 1 aliphatic heterocycles. The molecule has 2 N–H and O–H groups in total. The lowest BCUT2D eigenvalue weighted by molar-refractivity contribution is -0.130. The van der Waals surface area contributed by atoms with E-state index in [1.807, 2.05) is 12.1 Å². The predicted molar refractivity (Wildman–Crippen MR) is 84.8 cm³/mol. The second-order valence-electron chi connectivity index (χ2n) is 5.38. The number of aryl methyl sites for hydroxylation is 1. The molecule has 22 heavy (non-hydrogen) atoms. The summed E-state index contributed by atoms with van der Waals surface area (Å²) in [5, 5.41) is 0. The van der Waals surface area contributed by atoms with Crippen LogP contribution in [0.1, 0.15) is 18.9 Å². The summed E-state index contributed by atoms with van der Waals surface area (Å²) in [6.45, 7) is 3.46. The average molecular weight is 325 g/mol. The molecule has 1 aromatic carbocycles. The zero-order valence-corrected chi connectivity index (χ0v) is 13.7. The van der Waals surface area contributed by atoms with Gasteiger partial charge in [-0.3, -0.25) is 4.79 Å². The lowest BCUT2D eigenvalue weighted by Crippen LogP contribution is -2.51. The van der Waals surface area contributed by atoms with E-state index in [4.69, 9.17) is 5.73 Å². The molecule has 7 heteroatoms. The van der Waals surface area contributed by atoms with E-state index < -0.39 is 10.0 Å². The Labute approximate surface area is 131 Å². The number of piperazine rings is 1. The summed E-state index contributed by atoms with van der Waals surface area (Å²) in [5.41, 5.74) is 6.47. The molecule has 1 amide bonds. The van der Waals surface area contributed by atoms with Crippen molar-refractivity contribution in [2.24, 2.45) is 5.73 Å². The number of rotatable bonds is 5. The van der Waals surface area contributed by atoms with E-state index in [0.717, 1.165) is 18.4 Å². The van der Waals surface area contributed by atoms with Gasteiger partial charge in [0.15, 0.2) is 0 Å². The molecule has 1 heterocycles. The van der Waals surface area contributed by atoms with Crippen LogP contribution in [0.4, 0.5) is 0 Å². The lowest BCUT2D eigenvalue weighted by Gasteiger charge is -2.33. The molecule has 0 bridgehead atoms. The molecule has 1 fully saturated rings. The summed E-state index contributed by atoms with van der Waals surface area (Å²) in [7, 11) is -3.49. The molecule has 122 valence electrons. The van der Waals surface area contributed by atoms with Crippen molar-refractivity contribution in [3.8, 4) is 0 Å². The third-order valence-corrected chi connectivity index (χ3v) is 5.78. The highest BCUT2D eigenvalue weighted by atomic mass is 32.2. The highest BCUT2D eigenvalue weighted by Gasteiger charge is 2.29. The van der Waals surface area contributed by atoms with Crippen LogP contribution in [0, 0.1) is 0 Å². The third-order valence-electron chi connectivity index (χ3n) is 3.87. The number of amides is 1. The molecule has 0 saturated carbocycles. The zero-order chi connectivity index (χ0) is 16.2. The summed E-state index contributed by atoms with van der Waals surface area (Å²) in [5.74, 6) is -0.138. The summed E-state index contributed by atoms with van der Waals surface area (Å²) < 4.78 is 26.6. The Morgan fingerprint density at radius 2 is 1.73 bits per heavy atom. The predicted octanol–water partition coefficient (Wildman–Crippen LogP) is 0.431. The molecule has 1 aliphatic rings. The lowest BCUT2D eigenvalue weighted by atomic mass is 10.1. The van der Waals surface area contributed by atoms with Crippen LogP contribution in [-0.4, -0.2) is 56.3 Å². The topological polar surface area (TPSA) is 83.7 Å². The van der Waals surface area contributed by atoms with Crippen LogP contribution in [0.25, 0.3) is 0 Å². The molecule has 0 aliphatic carbocycles. The van der Waals surface area contributed by atoms with Crippen LogP contribution in [0.2, 0.25) is 0 Å². The highest BCUT2D eigenvalue weighted by molar-refractivity contribution is 7.89. The Morgan fingerprint density at radius 3 is 2.23 bits per heavy atom. The number of benzene rings is 1. The SMILES string of the molecule is CCCc1ccc(S(=O)(=O)N2CCN(C(=O)CN)CC2)cc1. The molecule has 2 rings (SSSR count). The van der Waals surface area contributed by atoms with Crippen molar-refractivity contribution < 1.29 is 13.2 Å². The number of nitrogens with two attached hydrogens (primary N) is 1. The summed E-state index contributed by atoms with van der Waals surface area (Å²) in [4.78, 5) is 13.4. The fraction of sp³-hybridized carbons (Fsp3) is 0.533. The maximum absolute atomic E-state index is 12.6. The van der Waals surface area contributed by atoms with Crippen molar-refractivity contribution in [1.82, 2.24) is 9.21 Å². The molecule has 0 unspecified atom stereocenters.